The lowest BCUT2D eigenvalue weighted by atomic mass is 9.98. The number of rotatable bonds is 4. The predicted octanol–water partition coefficient (Wildman–Crippen LogP) is 2.71. The van der Waals surface area contributed by atoms with E-state index in [-0.39, 0.29) is 11.9 Å². The zero-order valence-corrected chi connectivity index (χ0v) is 18.1. The van der Waals surface area contributed by atoms with Crippen LogP contribution in [0.1, 0.15) is 22.7 Å². The minimum Gasteiger partial charge on any atom is -0.282 e. The van der Waals surface area contributed by atoms with Crippen molar-refractivity contribution < 1.29 is 9.79 Å². The molecule has 5 heteroatoms. The number of para-hydroxylation sites is 1. The number of fused-ring (bicyclic) bond motifs is 2. The minimum atomic E-state index is -0.407. The standard InChI is InChI=1S/C28H22N4O/c33-28-24(17-19-9-3-1-4-10-19)31-27-26(22-15-16-29-23-14-8-7-13-21(22)23)30-25(18-32(27)28)20-11-5-2-6-12-20/h1-16,24,26H,17-18H2/p+1. The van der Waals surface area contributed by atoms with Crippen molar-refractivity contribution in [1.29, 1.82) is 0 Å². The summed E-state index contributed by atoms with van der Waals surface area (Å²) in [5.74, 6) is 0.851. The summed E-state index contributed by atoms with van der Waals surface area (Å²) in [5, 5.41) is 1.06. The number of hydrogen-bond acceptors (Lipinski definition) is 3. The van der Waals surface area contributed by atoms with E-state index in [1.54, 1.807) is 0 Å². The van der Waals surface area contributed by atoms with E-state index in [0.29, 0.717) is 13.0 Å². The zero-order chi connectivity index (χ0) is 22.2. The largest absolute Gasteiger partial charge is 0.282 e. The molecule has 1 amide bonds. The monoisotopic (exact) mass is 431 g/mol. The molecule has 1 N–H and O–H groups in total. The normalized spacial score (nSPS) is 19.9. The number of benzene rings is 3. The van der Waals surface area contributed by atoms with E-state index in [9.17, 15) is 4.79 Å². The first kappa shape index (κ1) is 19.6. The van der Waals surface area contributed by atoms with Crippen LogP contribution < -0.4 is 4.99 Å². The SMILES string of the molecule is O=C1C(Cc2ccccc2)N=C2C(c3ccnc4ccccc34)[NH+]=C(c3ccccc3)CN12. The van der Waals surface area contributed by atoms with E-state index in [4.69, 9.17) is 4.99 Å². The van der Waals surface area contributed by atoms with Crippen molar-refractivity contribution in [2.75, 3.05) is 6.54 Å². The molecule has 0 radical (unpaired) electrons. The van der Waals surface area contributed by atoms with Gasteiger partial charge in [-0.2, -0.15) is 0 Å². The number of carbonyl (C=O) groups excluding carboxylic acids is 1. The Hall–Kier alpha value is -4.12. The summed E-state index contributed by atoms with van der Waals surface area (Å²) in [6.07, 6.45) is 2.43. The summed E-state index contributed by atoms with van der Waals surface area (Å²) < 4.78 is 0. The van der Waals surface area contributed by atoms with Gasteiger partial charge in [0.25, 0.3) is 5.91 Å². The summed E-state index contributed by atoms with van der Waals surface area (Å²) in [4.78, 5) is 28.6. The number of nitrogens with zero attached hydrogens (tertiary/aromatic N) is 3. The van der Waals surface area contributed by atoms with Crippen LogP contribution in [0.4, 0.5) is 0 Å². The maximum Gasteiger partial charge on any atom is 0.253 e. The maximum absolute atomic E-state index is 13.5. The zero-order valence-electron chi connectivity index (χ0n) is 18.1. The third-order valence-corrected chi connectivity index (χ3v) is 6.40. The van der Waals surface area contributed by atoms with Crippen LogP contribution in [-0.4, -0.2) is 39.9 Å². The Bertz CT molecular complexity index is 1390. The summed E-state index contributed by atoms with van der Waals surface area (Å²) in [5.41, 5.74) is 5.23. The Balaban J connectivity index is 1.47. The van der Waals surface area contributed by atoms with Gasteiger partial charge in [0.05, 0.1) is 5.52 Å². The molecule has 0 aliphatic carbocycles. The molecule has 3 aromatic carbocycles. The highest BCUT2D eigenvalue weighted by molar-refractivity contribution is 6.14. The minimum absolute atomic E-state index is 0.0622. The van der Waals surface area contributed by atoms with Crippen LogP contribution in [0, 0.1) is 0 Å². The molecule has 1 aromatic heterocycles. The van der Waals surface area contributed by atoms with Crippen LogP contribution in [0.2, 0.25) is 0 Å². The van der Waals surface area contributed by atoms with Gasteiger partial charge in [-0.25, -0.2) is 4.99 Å². The molecule has 2 aliphatic heterocycles. The third-order valence-electron chi connectivity index (χ3n) is 6.40. The number of aliphatic imine (C=N–C) groups is 1. The molecule has 0 saturated heterocycles. The molecular weight excluding hydrogens is 408 g/mol. The second kappa shape index (κ2) is 8.10. The first-order valence-electron chi connectivity index (χ1n) is 11.2. The summed E-state index contributed by atoms with van der Waals surface area (Å²) >= 11 is 0. The van der Waals surface area contributed by atoms with Crippen molar-refractivity contribution in [2.45, 2.75) is 18.5 Å². The van der Waals surface area contributed by atoms with Crippen LogP contribution in [0.25, 0.3) is 10.9 Å². The molecule has 0 spiro atoms. The van der Waals surface area contributed by atoms with Crippen molar-refractivity contribution >= 4 is 28.4 Å². The quantitative estimate of drug-likeness (QED) is 0.540. The van der Waals surface area contributed by atoms with Crippen molar-refractivity contribution in [3.8, 4) is 0 Å². The second-order valence-corrected chi connectivity index (χ2v) is 8.46. The van der Waals surface area contributed by atoms with E-state index >= 15 is 0 Å². The fourth-order valence-electron chi connectivity index (χ4n) is 4.78. The first-order chi connectivity index (χ1) is 16.3. The molecule has 0 saturated carbocycles. The molecule has 0 fully saturated rings. The highest BCUT2D eigenvalue weighted by atomic mass is 16.2. The lowest BCUT2D eigenvalue weighted by molar-refractivity contribution is -0.492. The van der Waals surface area contributed by atoms with Gasteiger partial charge >= 0.3 is 0 Å². The Morgan fingerprint density at radius 2 is 1.61 bits per heavy atom. The predicted molar refractivity (Wildman–Crippen MR) is 129 cm³/mol. The van der Waals surface area contributed by atoms with Gasteiger partial charge in [0.2, 0.25) is 11.8 Å². The smallest absolute Gasteiger partial charge is 0.253 e. The van der Waals surface area contributed by atoms with E-state index in [1.807, 2.05) is 71.8 Å². The van der Waals surface area contributed by atoms with Crippen LogP contribution in [0.3, 0.4) is 0 Å². The molecule has 3 heterocycles. The number of carbonyl (C=O) groups is 1. The molecule has 4 aromatic rings. The number of amidine groups is 1. The highest BCUT2D eigenvalue weighted by Gasteiger charge is 2.45. The van der Waals surface area contributed by atoms with Gasteiger partial charge in [0.15, 0.2) is 5.84 Å². The van der Waals surface area contributed by atoms with E-state index in [2.05, 4.69) is 40.3 Å². The van der Waals surface area contributed by atoms with Crippen molar-refractivity contribution in [1.82, 2.24) is 9.88 Å². The molecule has 2 atom stereocenters. The number of nitrogens with one attached hydrogen (secondary N) is 1. The van der Waals surface area contributed by atoms with Crippen molar-refractivity contribution in [2.24, 2.45) is 4.99 Å². The molecule has 2 aliphatic rings. The van der Waals surface area contributed by atoms with Crippen LogP contribution in [0.5, 0.6) is 0 Å². The summed E-state index contributed by atoms with van der Waals surface area (Å²) in [6, 6.07) is 29.8. The van der Waals surface area contributed by atoms with Gasteiger partial charge < -0.3 is 0 Å². The van der Waals surface area contributed by atoms with Crippen LogP contribution in [0.15, 0.2) is 102 Å². The van der Waals surface area contributed by atoms with Gasteiger partial charge in [-0.3, -0.25) is 19.7 Å². The first-order valence-corrected chi connectivity index (χ1v) is 11.2. The van der Waals surface area contributed by atoms with Crippen LogP contribution in [-0.2, 0) is 11.2 Å². The van der Waals surface area contributed by atoms with E-state index in [1.165, 1.54) is 0 Å². The van der Waals surface area contributed by atoms with E-state index < -0.39 is 6.04 Å². The van der Waals surface area contributed by atoms with Gasteiger partial charge in [-0.1, -0.05) is 66.7 Å². The lowest BCUT2D eigenvalue weighted by Gasteiger charge is -2.25. The summed E-state index contributed by atoms with van der Waals surface area (Å²) in [6.45, 7) is 0.493. The number of hydrogen-bond donors (Lipinski definition) is 1. The van der Waals surface area contributed by atoms with Gasteiger partial charge in [0.1, 0.15) is 12.6 Å². The molecule has 0 bridgehead atoms. The fraction of sp³-hybridized carbons (Fsp3) is 0.143. The van der Waals surface area contributed by atoms with E-state index in [0.717, 1.165) is 39.1 Å². The Morgan fingerprint density at radius 1 is 0.879 bits per heavy atom. The molecule has 6 rings (SSSR count). The van der Waals surface area contributed by atoms with Gasteiger partial charge in [-0.15, -0.1) is 0 Å². The highest BCUT2D eigenvalue weighted by Crippen LogP contribution is 2.28. The topological polar surface area (TPSA) is 59.5 Å². The maximum atomic E-state index is 13.5. The lowest BCUT2D eigenvalue weighted by Crippen LogP contribution is -2.82. The number of aromatic nitrogens is 1. The molecular formula is C28H23N4O+. The van der Waals surface area contributed by atoms with Crippen molar-refractivity contribution in [3.05, 3.63) is 114 Å². The van der Waals surface area contributed by atoms with Crippen LogP contribution >= 0.6 is 0 Å². The Morgan fingerprint density at radius 3 is 2.42 bits per heavy atom. The fourth-order valence-corrected chi connectivity index (χ4v) is 4.78. The number of amides is 1. The Labute approximate surface area is 192 Å². The summed E-state index contributed by atoms with van der Waals surface area (Å²) in [7, 11) is 0. The molecule has 160 valence electrons. The number of pyridine rings is 1. The third kappa shape index (κ3) is 3.52. The second-order valence-electron chi connectivity index (χ2n) is 8.46. The molecule has 5 nitrogen and oxygen atoms in total. The van der Waals surface area contributed by atoms with Crippen molar-refractivity contribution in [3.63, 3.8) is 0 Å². The molecule has 33 heavy (non-hydrogen) atoms. The van der Waals surface area contributed by atoms with Gasteiger partial charge in [0, 0.05) is 29.1 Å². The average molecular weight is 432 g/mol. The Kier molecular flexibility index (Phi) is 4.80. The molecule has 2 unspecified atom stereocenters. The average Bonchev–Trinajstić information content (AvgIpc) is 3.19. The van der Waals surface area contributed by atoms with Gasteiger partial charge in [-0.05, 0) is 29.8 Å².